The van der Waals surface area contributed by atoms with Crippen LogP contribution < -0.4 is 10.6 Å². The molecule has 3 heterocycles. The predicted octanol–water partition coefficient (Wildman–Crippen LogP) is -0.201. The summed E-state index contributed by atoms with van der Waals surface area (Å²) in [5.41, 5.74) is 0.807. The van der Waals surface area contributed by atoms with E-state index in [4.69, 9.17) is 4.52 Å². The van der Waals surface area contributed by atoms with Crippen LogP contribution in [0, 0.1) is 12.8 Å². The van der Waals surface area contributed by atoms with Crippen molar-refractivity contribution < 1.29 is 18.9 Å². The molecule has 0 radical (unpaired) electrons. The molecule has 0 unspecified atom stereocenters. The number of carbonyl (C=O) groups excluding carboxylic acids is 3. The first-order chi connectivity index (χ1) is 13.4. The average Bonchev–Trinajstić information content (AvgIpc) is 3.31. The molecule has 3 fully saturated rings. The number of nitrogens with one attached hydrogen (secondary N) is 2. The SMILES string of the molecule is CC(=O)N[C@H]1C[C@H]2CN(Cc3cc(C)on3)C[C@H](NC(=O)C3CC3)C(=O)N2C1. The first-order valence-electron chi connectivity index (χ1n) is 9.91. The second-order valence-corrected chi connectivity index (χ2v) is 8.24. The summed E-state index contributed by atoms with van der Waals surface area (Å²) < 4.78 is 5.17. The molecule has 28 heavy (non-hydrogen) atoms. The van der Waals surface area contributed by atoms with Crippen LogP contribution in [0.1, 0.15) is 37.6 Å². The van der Waals surface area contributed by atoms with Crippen molar-refractivity contribution in [3.8, 4) is 0 Å². The van der Waals surface area contributed by atoms with E-state index in [2.05, 4.69) is 20.7 Å². The highest BCUT2D eigenvalue weighted by Crippen LogP contribution is 2.30. The van der Waals surface area contributed by atoms with E-state index in [0.29, 0.717) is 32.6 Å². The van der Waals surface area contributed by atoms with E-state index >= 15 is 0 Å². The van der Waals surface area contributed by atoms with Gasteiger partial charge < -0.3 is 20.1 Å². The van der Waals surface area contributed by atoms with E-state index in [1.807, 2.05) is 17.9 Å². The molecular formula is C19H27N5O4. The molecule has 0 bridgehead atoms. The zero-order chi connectivity index (χ0) is 19.8. The predicted molar refractivity (Wildman–Crippen MR) is 98.9 cm³/mol. The van der Waals surface area contributed by atoms with Crippen LogP contribution in [0.5, 0.6) is 0 Å². The van der Waals surface area contributed by atoms with E-state index in [1.165, 1.54) is 6.92 Å². The van der Waals surface area contributed by atoms with Gasteiger partial charge in [0, 0.05) is 57.2 Å². The highest BCUT2D eigenvalue weighted by Gasteiger charge is 2.43. The Bertz CT molecular complexity index is 774. The van der Waals surface area contributed by atoms with Crippen LogP contribution in [-0.2, 0) is 20.9 Å². The summed E-state index contributed by atoms with van der Waals surface area (Å²) in [6, 6.07) is 1.25. The quantitative estimate of drug-likeness (QED) is 0.722. The molecule has 1 aliphatic carbocycles. The maximum atomic E-state index is 13.2. The first-order valence-corrected chi connectivity index (χ1v) is 9.91. The lowest BCUT2D eigenvalue weighted by Crippen LogP contribution is -2.52. The Morgan fingerprint density at radius 2 is 2.04 bits per heavy atom. The van der Waals surface area contributed by atoms with E-state index in [1.54, 1.807) is 0 Å². The molecule has 9 nitrogen and oxygen atoms in total. The van der Waals surface area contributed by atoms with Gasteiger partial charge in [-0.05, 0) is 26.2 Å². The molecule has 0 spiro atoms. The minimum atomic E-state index is -0.581. The van der Waals surface area contributed by atoms with Crippen LogP contribution >= 0.6 is 0 Å². The largest absolute Gasteiger partial charge is 0.361 e. The molecule has 9 heteroatoms. The van der Waals surface area contributed by atoms with Gasteiger partial charge in [-0.3, -0.25) is 19.3 Å². The summed E-state index contributed by atoms with van der Waals surface area (Å²) in [7, 11) is 0. The third-order valence-electron chi connectivity index (χ3n) is 5.64. The summed E-state index contributed by atoms with van der Waals surface area (Å²) in [5.74, 6) is 0.595. The second kappa shape index (κ2) is 7.54. The van der Waals surface area contributed by atoms with Crippen molar-refractivity contribution in [3.63, 3.8) is 0 Å². The van der Waals surface area contributed by atoms with Gasteiger partial charge in [-0.2, -0.15) is 0 Å². The normalized spacial score (nSPS) is 28.0. The highest BCUT2D eigenvalue weighted by molar-refractivity contribution is 5.90. The summed E-state index contributed by atoms with van der Waals surface area (Å²) in [5, 5.41) is 9.95. The fraction of sp³-hybridized carbons (Fsp3) is 0.684. The smallest absolute Gasteiger partial charge is 0.246 e. The fourth-order valence-corrected chi connectivity index (χ4v) is 4.25. The van der Waals surface area contributed by atoms with E-state index in [-0.39, 0.29) is 35.7 Å². The summed E-state index contributed by atoms with van der Waals surface area (Å²) in [4.78, 5) is 40.9. The van der Waals surface area contributed by atoms with Gasteiger partial charge in [0.1, 0.15) is 11.8 Å². The Morgan fingerprint density at radius 3 is 2.68 bits per heavy atom. The second-order valence-electron chi connectivity index (χ2n) is 8.24. The average molecular weight is 389 g/mol. The molecule has 1 aromatic heterocycles. The highest BCUT2D eigenvalue weighted by atomic mass is 16.5. The maximum absolute atomic E-state index is 13.2. The van der Waals surface area contributed by atoms with E-state index < -0.39 is 6.04 Å². The van der Waals surface area contributed by atoms with E-state index in [9.17, 15) is 14.4 Å². The van der Waals surface area contributed by atoms with Crippen molar-refractivity contribution >= 4 is 17.7 Å². The Labute approximate surface area is 163 Å². The molecule has 3 atom stereocenters. The van der Waals surface area contributed by atoms with E-state index in [0.717, 1.165) is 24.3 Å². The first kappa shape index (κ1) is 18.9. The zero-order valence-electron chi connectivity index (χ0n) is 16.3. The van der Waals surface area contributed by atoms with Gasteiger partial charge in [0.25, 0.3) is 0 Å². The molecule has 1 aromatic rings. The van der Waals surface area contributed by atoms with Gasteiger partial charge in [0.15, 0.2) is 0 Å². The van der Waals surface area contributed by atoms with Crippen molar-refractivity contribution in [2.24, 2.45) is 5.92 Å². The number of aryl methyl sites for hydroxylation is 1. The molecule has 0 aromatic carbocycles. The van der Waals surface area contributed by atoms with Crippen LogP contribution in [0.4, 0.5) is 0 Å². The molecule has 4 rings (SSSR count). The van der Waals surface area contributed by atoms with Crippen molar-refractivity contribution in [2.45, 2.75) is 57.8 Å². The number of carbonyl (C=O) groups is 3. The monoisotopic (exact) mass is 389 g/mol. The van der Waals surface area contributed by atoms with Crippen LogP contribution in [-0.4, -0.2) is 70.4 Å². The number of nitrogens with zero attached hydrogens (tertiary/aromatic N) is 3. The molecule has 2 aliphatic heterocycles. The Morgan fingerprint density at radius 1 is 1.25 bits per heavy atom. The molecule has 3 amide bonds. The van der Waals surface area contributed by atoms with Gasteiger partial charge in [0.05, 0.1) is 5.69 Å². The molecule has 1 saturated carbocycles. The molecule has 152 valence electrons. The third-order valence-corrected chi connectivity index (χ3v) is 5.64. The Balaban J connectivity index is 1.51. The Kier molecular flexibility index (Phi) is 5.09. The fourth-order valence-electron chi connectivity index (χ4n) is 4.25. The lowest BCUT2D eigenvalue weighted by molar-refractivity contribution is -0.136. The van der Waals surface area contributed by atoms with Gasteiger partial charge in [-0.1, -0.05) is 5.16 Å². The van der Waals surface area contributed by atoms with Crippen LogP contribution in [0.25, 0.3) is 0 Å². The number of aromatic nitrogens is 1. The van der Waals surface area contributed by atoms with Crippen molar-refractivity contribution in [2.75, 3.05) is 19.6 Å². The summed E-state index contributed by atoms with van der Waals surface area (Å²) >= 11 is 0. The maximum Gasteiger partial charge on any atom is 0.246 e. The molecule has 2 saturated heterocycles. The van der Waals surface area contributed by atoms with Crippen LogP contribution in [0.2, 0.25) is 0 Å². The molecule has 3 aliphatic rings. The summed E-state index contributed by atoms with van der Waals surface area (Å²) in [6.45, 7) is 5.48. The van der Waals surface area contributed by atoms with Gasteiger partial charge in [-0.15, -0.1) is 0 Å². The van der Waals surface area contributed by atoms with Crippen LogP contribution in [0.3, 0.4) is 0 Å². The van der Waals surface area contributed by atoms with Crippen molar-refractivity contribution in [3.05, 3.63) is 17.5 Å². The topological polar surface area (TPSA) is 108 Å². The minimum Gasteiger partial charge on any atom is -0.361 e. The van der Waals surface area contributed by atoms with Crippen molar-refractivity contribution in [1.29, 1.82) is 0 Å². The number of hydrogen-bond acceptors (Lipinski definition) is 6. The lowest BCUT2D eigenvalue weighted by atomic mass is 10.1. The van der Waals surface area contributed by atoms with Crippen molar-refractivity contribution in [1.82, 2.24) is 25.6 Å². The van der Waals surface area contributed by atoms with Gasteiger partial charge >= 0.3 is 0 Å². The zero-order valence-corrected chi connectivity index (χ0v) is 16.3. The minimum absolute atomic E-state index is 0.000162. The van der Waals surface area contributed by atoms with Gasteiger partial charge in [-0.25, -0.2) is 0 Å². The number of fused-ring (bicyclic) bond motifs is 1. The third kappa shape index (κ3) is 4.19. The summed E-state index contributed by atoms with van der Waals surface area (Å²) in [6.07, 6.45) is 2.50. The number of hydrogen-bond donors (Lipinski definition) is 2. The van der Waals surface area contributed by atoms with Crippen LogP contribution in [0.15, 0.2) is 10.6 Å². The lowest BCUT2D eigenvalue weighted by Gasteiger charge is -2.24. The number of rotatable bonds is 5. The number of amides is 3. The Hall–Kier alpha value is -2.42. The molecular weight excluding hydrogens is 362 g/mol. The van der Waals surface area contributed by atoms with Gasteiger partial charge in [0.2, 0.25) is 17.7 Å². The standard InChI is InChI=1S/C19H27N5O4/c1-11-5-15(22-28-11)7-23-9-16-6-14(20-12(2)25)8-24(16)19(27)17(10-23)21-18(26)13-3-4-13/h5,13-14,16-17H,3-4,6-10H2,1-2H3,(H,20,25)(H,21,26)/t14-,16-,17-/m0/s1. The molecule has 2 N–H and O–H groups in total.